The summed E-state index contributed by atoms with van der Waals surface area (Å²) in [5.41, 5.74) is -1.28. The maximum atomic E-state index is 13.8. The number of carbonyl (C=O) groups is 3. The number of carbonyl (C=O) groups excluding carboxylic acids is 3. The second-order valence-electron chi connectivity index (χ2n) is 14.0. The molecule has 0 aliphatic heterocycles. The number of rotatable bonds is 19. The van der Waals surface area contributed by atoms with Gasteiger partial charge in [-0.05, 0) is 54.3 Å². The van der Waals surface area contributed by atoms with Crippen molar-refractivity contribution in [2.75, 3.05) is 68.7 Å². The van der Waals surface area contributed by atoms with Gasteiger partial charge in [-0.25, -0.2) is 9.59 Å². The molecule has 89 heavy (non-hydrogen) atoms. The van der Waals surface area contributed by atoms with E-state index in [1.54, 1.807) is 18.2 Å². The van der Waals surface area contributed by atoms with Crippen molar-refractivity contribution in [3.05, 3.63) is 160 Å². The summed E-state index contributed by atoms with van der Waals surface area (Å²) in [5, 5.41) is 11.5. The fourth-order valence-electron chi connectivity index (χ4n) is 4.17. The maximum absolute atomic E-state index is 13.8. The van der Waals surface area contributed by atoms with E-state index < -0.39 is 86.2 Å². The quantitative estimate of drug-likeness (QED) is 0.0125. The molecule has 0 amide bonds. The fourth-order valence-corrected chi connectivity index (χ4v) is 6.62. The van der Waals surface area contributed by atoms with Crippen molar-refractivity contribution in [2.45, 2.75) is 112 Å². The van der Waals surface area contributed by atoms with Crippen molar-refractivity contribution in [3.63, 3.8) is 0 Å². The Morgan fingerprint density at radius 3 is 1.04 bits per heavy atom. The van der Waals surface area contributed by atoms with E-state index in [0.717, 1.165) is 59.1 Å². The molecule has 505 valence electrons. The zero-order valence-corrected chi connectivity index (χ0v) is 67.0. The van der Waals surface area contributed by atoms with Crippen LogP contribution >= 0.6 is 61.3 Å². The van der Waals surface area contributed by atoms with Gasteiger partial charge in [0.15, 0.2) is 0 Å². The summed E-state index contributed by atoms with van der Waals surface area (Å²) in [7, 11) is -3.55. The molecular formula is C57H87BrCuF8ILiNaO15P3Zn. The van der Waals surface area contributed by atoms with Crippen LogP contribution in [0.3, 0.4) is 0 Å². The monoisotopic (exact) mass is 1620 g/mol. The van der Waals surface area contributed by atoms with Crippen LogP contribution in [0, 0.1) is 10.5 Å². The van der Waals surface area contributed by atoms with E-state index >= 15 is 0 Å². The summed E-state index contributed by atoms with van der Waals surface area (Å²) in [6.45, 7) is 26.0. The molecule has 0 spiro atoms. The number of Topliss-reactive ketones (excluding diaryl/α,β-unsaturated/α-hetero) is 1. The average Bonchev–Trinajstić information content (AvgIpc) is 3.16. The Bertz CT molecular complexity index is 2440. The van der Waals surface area contributed by atoms with Crippen LogP contribution in [-0.2, 0) is 119 Å². The van der Waals surface area contributed by atoms with Gasteiger partial charge in [-0.15, -0.1) is 0 Å². The molecule has 0 aromatic heterocycles. The molecule has 4 rings (SSSR count). The third-order valence-electron chi connectivity index (χ3n) is 8.54. The van der Waals surface area contributed by atoms with Gasteiger partial charge < -0.3 is 48.6 Å². The molecular weight excluding hydrogens is 1540 g/mol. The molecule has 32 heteroatoms. The molecule has 0 saturated heterocycles. The van der Waals surface area contributed by atoms with Crippen molar-refractivity contribution in [1.29, 1.82) is 0 Å². The van der Waals surface area contributed by atoms with Crippen LogP contribution in [0.4, 0.5) is 35.1 Å². The number of allylic oxidation sites excluding steroid dienone is 1. The second kappa shape index (κ2) is 65.5. The normalized spacial score (nSPS) is 10.4. The maximum Gasteiger partial charge on any atom is 1.00 e. The molecule has 1 radical (unpaired) electrons. The van der Waals surface area contributed by atoms with E-state index in [-0.39, 0.29) is 104 Å². The van der Waals surface area contributed by atoms with Crippen LogP contribution in [0.5, 0.6) is 0 Å². The Hall–Kier alpha value is -1.13. The molecule has 0 heterocycles. The van der Waals surface area contributed by atoms with Crippen molar-refractivity contribution in [3.8, 4) is 0 Å². The number of unbranched alkanes of at least 4 members (excludes halogenated alkanes) is 1. The summed E-state index contributed by atoms with van der Waals surface area (Å²) >= 11 is 4.12. The Labute approximate surface area is 603 Å². The third-order valence-corrected chi connectivity index (χ3v) is 14.3. The van der Waals surface area contributed by atoms with Gasteiger partial charge in [0.2, 0.25) is 5.78 Å². The Morgan fingerprint density at radius 2 is 0.831 bits per heavy atom. The van der Waals surface area contributed by atoms with Gasteiger partial charge in [0.25, 0.3) is 5.92 Å². The molecule has 0 atom stereocenters. The molecule has 0 unspecified atom stereocenters. The summed E-state index contributed by atoms with van der Waals surface area (Å²) in [6, 6.07) is 30.2. The molecule has 0 fully saturated rings. The predicted octanol–water partition coefficient (Wildman–Crippen LogP) is 12.3. The first kappa shape index (κ1) is 112. The topological polar surface area (TPSA) is 199 Å². The largest absolute Gasteiger partial charge is 1.00 e. The molecule has 0 bridgehead atoms. The first-order valence-corrected chi connectivity index (χ1v) is 33.2. The number of hydrogen-bond acceptors (Lipinski definition) is 15. The summed E-state index contributed by atoms with van der Waals surface area (Å²) in [5.74, 6) is -16.9. The minimum atomic E-state index is -3.91. The van der Waals surface area contributed by atoms with Crippen molar-refractivity contribution >= 4 is 79.0 Å². The van der Waals surface area contributed by atoms with Crippen molar-refractivity contribution < 1.29 is 190 Å². The standard InChI is InChI=1S/2C11H13F2O4P.C10H10F2O2.C6H5I.C4H5BrF2O2.C4H9.C3H9O3P.4C2H6.Cu.Li.Na.Zn/c2*1-16-18(15,17-2)8-10(14)11(12,13)9-6-4-3-5-7-9;1-2-14-9(13)10(11,12)8-6-4-3-5-7-8;7-6-4-2-1-3-5-6;1-2-9-3(8)4(5,6)7;1-3-4-2;1-5-7(3,4)6-2;4*1-2;;;;/h3-7H,8H2,1-2H3;3-8,14H,1-2H3;3-7H,2H2,1H3;1-5H;2H2,1H3;1,3-4H2,2H3;1-3H3;4*1-2H3;;;;/q;;;;;-1;;;;;;;2*+1;/p-1/b;10-8-;;;;;;;;;;;;;. The zero-order chi connectivity index (χ0) is 68.2. The predicted molar refractivity (Wildman–Crippen MR) is 332 cm³/mol. The fraction of sp³-hybridized carbons (Fsp3) is 0.474. The summed E-state index contributed by atoms with van der Waals surface area (Å²) < 4.78 is 175. The molecule has 4 aromatic rings. The van der Waals surface area contributed by atoms with Crippen LogP contribution < -0.4 is 53.5 Å². The number of esters is 2. The zero-order valence-electron chi connectivity index (χ0n) is 54.6. The molecule has 4 aromatic carbocycles. The molecule has 0 aliphatic carbocycles. The van der Waals surface area contributed by atoms with Gasteiger partial charge in [-0.1, -0.05) is 178 Å². The van der Waals surface area contributed by atoms with Crippen LogP contribution in [0.1, 0.15) is 106 Å². The van der Waals surface area contributed by atoms with Crippen LogP contribution in [0.25, 0.3) is 0 Å². The second-order valence-corrected chi connectivity index (χ2v) is 22.9. The van der Waals surface area contributed by atoms with E-state index in [0.29, 0.717) is 5.82 Å². The Morgan fingerprint density at radius 1 is 0.551 bits per heavy atom. The minimum absolute atomic E-state index is 0. The van der Waals surface area contributed by atoms with E-state index in [2.05, 4.69) is 85.2 Å². The summed E-state index contributed by atoms with van der Waals surface area (Å²) in [6.07, 6.45) is 1.31. The summed E-state index contributed by atoms with van der Waals surface area (Å²) in [4.78, 5) is 28.9. The number of alkyl halides is 9. The van der Waals surface area contributed by atoms with Gasteiger partial charge in [0, 0.05) is 128 Å². The van der Waals surface area contributed by atoms with Gasteiger partial charge in [-0.2, -0.15) is 41.5 Å². The molecule has 0 aliphatic rings. The first-order valence-electron chi connectivity index (χ1n) is 26.0. The number of hydrogen-bond donors (Lipinski definition) is 0. The Balaban J connectivity index is -0.0000000896. The van der Waals surface area contributed by atoms with Gasteiger partial charge in [0.1, 0.15) is 6.16 Å². The molecule has 15 nitrogen and oxygen atoms in total. The SMILES string of the molecule is CC.CC.CC.CC.CCOC(=O)C(F)(F)Br.CCOC(=O)C(F)(F)c1ccccc1.COP(=O)(/C=C(\[O-])C(F)(F)c1ccccc1)OC.COP(=O)(CC(=O)C(F)(F)c1ccccc1)OC.COP(C)(=O)OC.Ic1ccccc1.[CH2-]CCC.[Cu].[Li+].[Na+].[Zn]. The number of benzene rings is 4. The van der Waals surface area contributed by atoms with Crippen LogP contribution in [-0.4, -0.2) is 91.3 Å². The van der Waals surface area contributed by atoms with E-state index in [4.69, 9.17) is 0 Å². The van der Waals surface area contributed by atoms with E-state index in [1.807, 2.05) is 89.5 Å². The molecule has 0 saturated carbocycles. The van der Waals surface area contributed by atoms with Gasteiger partial charge in [0.05, 0.1) is 13.2 Å². The van der Waals surface area contributed by atoms with Crippen molar-refractivity contribution in [1.82, 2.24) is 0 Å². The van der Waals surface area contributed by atoms with E-state index in [9.17, 15) is 68.3 Å². The smallest absolute Gasteiger partial charge is 0.871 e. The first-order chi connectivity index (χ1) is 39.7. The number of ether oxygens (including phenoxy) is 2. The van der Waals surface area contributed by atoms with Crippen molar-refractivity contribution in [2.24, 2.45) is 0 Å². The van der Waals surface area contributed by atoms with Crippen LogP contribution in [0.15, 0.2) is 133 Å². The van der Waals surface area contributed by atoms with E-state index in [1.165, 1.54) is 93.3 Å². The third kappa shape index (κ3) is 53.8. The number of halogens is 10. The number of ketones is 1. The molecule has 0 N–H and O–H groups in total. The van der Waals surface area contributed by atoms with Crippen LogP contribution in [0.2, 0.25) is 0 Å². The van der Waals surface area contributed by atoms with Gasteiger partial charge in [-0.3, -0.25) is 18.5 Å². The minimum Gasteiger partial charge on any atom is -0.871 e. The average molecular weight is 1620 g/mol. The Kier molecular flexibility index (Phi) is 82.6. The van der Waals surface area contributed by atoms with Gasteiger partial charge >= 0.3 is 99.8 Å².